The fraction of sp³-hybridized carbons (Fsp3) is 0.600. The van der Waals surface area contributed by atoms with Crippen LogP contribution in [-0.4, -0.2) is 16.7 Å². The van der Waals surface area contributed by atoms with Crippen LogP contribution in [0.25, 0.3) is 0 Å². The van der Waals surface area contributed by atoms with Crippen molar-refractivity contribution in [2.24, 2.45) is 5.92 Å². The zero-order valence-electron chi connectivity index (χ0n) is 10.2. The molecule has 1 aromatic rings. The van der Waals surface area contributed by atoms with E-state index in [4.69, 9.17) is 0 Å². The second-order valence-electron chi connectivity index (χ2n) is 5.73. The average molecular weight is 231 g/mol. The molecule has 4 rings (SSSR count). The summed E-state index contributed by atoms with van der Waals surface area (Å²) in [5.41, 5.74) is 1.55. The highest BCUT2D eigenvalue weighted by atomic mass is 16.3. The molecule has 2 nitrogen and oxygen atoms in total. The van der Waals surface area contributed by atoms with Gasteiger partial charge in [-0.05, 0) is 43.6 Å². The zero-order chi connectivity index (χ0) is 11.7. The lowest BCUT2D eigenvalue weighted by molar-refractivity contribution is -0.0262. The first-order chi connectivity index (χ1) is 8.27. The lowest BCUT2D eigenvalue weighted by Gasteiger charge is -2.49. The van der Waals surface area contributed by atoms with Crippen molar-refractivity contribution in [1.82, 2.24) is 5.32 Å². The molecule has 3 saturated carbocycles. The Balaban J connectivity index is 1.64. The standard InChI is InChI=1S/C15H21NO/c17-14-10-15(8-6-13(14)7-9-15)16-11-12-4-2-1-3-5-12/h1-5,13-14,16-17H,6-11H2. The van der Waals surface area contributed by atoms with E-state index >= 15 is 0 Å². The van der Waals surface area contributed by atoms with Gasteiger partial charge in [0.15, 0.2) is 0 Å². The van der Waals surface area contributed by atoms with Crippen molar-refractivity contribution in [3.63, 3.8) is 0 Å². The molecule has 0 aromatic heterocycles. The lowest BCUT2D eigenvalue weighted by Crippen LogP contribution is -2.56. The molecule has 0 heterocycles. The number of nitrogens with one attached hydrogen (secondary N) is 1. The van der Waals surface area contributed by atoms with Gasteiger partial charge in [0.2, 0.25) is 0 Å². The van der Waals surface area contributed by atoms with Gasteiger partial charge in [-0.25, -0.2) is 0 Å². The molecule has 0 aliphatic heterocycles. The summed E-state index contributed by atoms with van der Waals surface area (Å²) in [6.07, 6.45) is 5.75. The van der Waals surface area contributed by atoms with Crippen molar-refractivity contribution in [2.75, 3.05) is 0 Å². The van der Waals surface area contributed by atoms with Crippen LogP contribution in [-0.2, 0) is 6.54 Å². The van der Waals surface area contributed by atoms with Gasteiger partial charge in [-0.2, -0.15) is 0 Å². The van der Waals surface area contributed by atoms with Crippen molar-refractivity contribution in [1.29, 1.82) is 0 Å². The molecule has 2 N–H and O–H groups in total. The highest BCUT2D eigenvalue weighted by molar-refractivity contribution is 5.15. The fourth-order valence-corrected chi connectivity index (χ4v) is 3.48. The third kappa shape index (κ3) is 2.24. The monoisotopic (exact) mass is 231 g/mol. The molecule has 2 heteroatoms. The van der Waals surface area contributed by atoms with Crippen LogP contribution < -0.4 is 5.32 Å². The first kappa shape index (κ1) is 11.2. The molecule has 3 aliphatic carbocycles. The van der Waals surface area contributed by atoms with E-state index in [1.54, 1.807) is 0 Å². The van der Waals surface area contributed by atoms with Crippen molar-refractivity contribution in [2.45, 2.75) is 50.3 Å². The van der Waals surface area contributed by atoms with E-state index < -0.39 is 0 Å². The molecule has 0 amide bonds. The Morgan fingerprint density at radius 2 is 1.88 bits per heavy atom. The maximum Gasteiger partial charge on any atom is 0.0586 e. The first-order valence-electron chi connectivity index (χ1n) is 6.74. The largest absolute Gasteiger partial charge is 0.393 e. The summed E-state index contributed by atoms with van der Waals surface area (Å²) >= 11 is 0. The van der Waals surface area contributed by atoms with Gasteiger partial charge in [-0.3, -0.25) is 0 Å². The Hall–Kier alpha value is -0.860. The second kappa shape index (κ2) is 4.43. The summed E-state index contributed by atoms with van der Waals surface area (Å²) < 4.78 is 0. The highest BCUT2D eigenvalue weighted by Crippen LogP contribution is 2.44. The van der Waals surface area contributed by atoms with Crippen LogP contribution in [0.2, 0.25) is 0 Å². The van der Waals surface area contributed by atoms with E-state index in [0.29, 0.717) is 5.92 Å². The van der Waals surface area contributed by atoms with Gasteiger partial charge >= 0.3 is 0 Å². The van der Waals surface area contributed by atoms with Crippen molar-refractivity contribution >= 4 is 0 Å². The van der Waals surface area contributed by atoms with Crippen LogP contribution in [0.5, 0.6) is 0 Å². The molecular formula is C15H21NO. The lowest BCUT2D eigenvalue weighted by atomic mass is 9.64. The Bertz CT molecular complexity index is 368. The Morgan fingerprint density at radius 1 is 1.18 bits per heavy atom. The van der Waals surface area contributed by atoms with E-state index in [1.165, 1.54) is 31.2 Å². The van der Waals surface area contributed by atoms with Crippen LogP contribution >= 0.6 is 0 Å². The smallest absolute Gasteiger partial charge is 0.0586 e. The van der Waals surface area contributed by atoms with Gasteiger partial charge in [0, 0.05) is 12.1 Å². The maximum absolute atomic E-state index is 10.0. The number of aliphatic hydroxyl groups excluding tert-OH is 1. The summed E-state index contributed by atoms with van der Waals surface area (Å²) in [4.78, 5) is 0. The molecule has 1 atom stereocenters. The third-order valence-electron chi connectivity index (χ3n) is 4.64. The molecular weight excluding hydrogens is 210 g/mol. The number of rotatable bonds is 3. The molecule has 92 valence electrons. The van der Waals surface area contributed by atoms with E-state index in [1.807, 2.05) is 0 Å². The Kier molecular flexibility index (Phi) is 2.93. The molecule has 17 heavy (non-hydrogen) atoms. The topological polar surface area (TPSA) is 32.3 Å². The Morgan fingerprint density at radius 3 is 2.53 bits per heavy atom. The van der Waals surface area contributed by atoms with Crippen LogP contribution in [0, 0.1) is 5.92 Å². The van der Waals surface area contributed by atoms with Crippen molar-refractivity contribution in [3.8, 4) is 0 Å². The molecule has 2 bridgehead atoms. The highest BCUT2D eigenvalue weighted by Gasteiger charge is 2.44. The molecule has 0 saturated heterocycles. The average Bonchev–Trinajstić information content (AvgIpc) is 2.39. The number of benzene rings is 1. The normalized spacial score (nSPS) is 36.1. The van der Waals surface area contributed by atoms with Crippen LogP contribution in [0.1, 0.15) is 37.7 Å². The molecule has 0 spiro atoms. The predicted octanol–water partition coefficient (Wildman–Crippen LogP) is 2.47. The molecule has 3 fully saturated rings. The van der Waals surface area contributed by atoms with Gasteiger partial charge in [-0.1, -0.05) is 30.3 Å². The SMILES string of the molecule is OC1CC2(NCc3ccccc3)CCC1CC2. The van der Waals surface area contributed by atoms with E-state index in [9.17, 15) is 5.11 Å². The van der Waals surface area contributed by atoms with Crippen molar-refractivity contribution < 1.29 is 5.11 Å². The van der Waals surface area contributed by atoms with Gasteiger partial charge < -0.3 is 10.4 Å². The minimum absolute atomic E-state index is 0.0687. The summed E-state index contributed by atoms with van der Waals surface area (Å²) in [5, 5.41) is 13.7. The van der Waals surface area contributed by atoms with E-state index in [0.717, 1.165) is 13.0 Å². The zero-order valence-corrected chi connectivity index (χ0v) is 10.2. The number of fused-ring (bicyclic) bond motifs is 3. The molecule has 1 unspecified atom stereocenters. The van der Waals surface area contributed by atoms with E-state index in [-0.39, 0.29) is 11.6 Å². The summed E-state index contributed by atoms with van der Waals surface area (Å²) in [6.45, 7) is 0.929. The van der Waals surface area contributed by atoms with Gasteiger partial charge in [0.1, 0.15) is 0 Å². The quantitative estimate of drug-likeness (QED) is 0.837. The summed E-state index contributed by atoms with van der Waals surface area (Å²) in [5.74, 6) is 0.579. The van der Waals surface area contributed by atoms with Gasteiger partial charge in [-0.15, -0.1) is 0 Å². The number of hydrogen-bond acceptors (Lipinski definition) is 2. The van der Waals surface area contributed by atoms with Crippen LogP contribution in [0.15, 0.2) is 30.3 Å². The Labute approximate surface area is 103 Å². The number of hydrogen-bond donors (Lipinski definition) is 2. The predicted molar refractivity (Wildman–Crippen MR) is 68.6 cm³/mol. The minimum atomic E-state index is -0.0687. The van der Waals surface area contributed by atoms with Gasteiger partial charge in [0.25, 0.3) is 0 Å². The molecule has 1 aromatic carbocycles. The third-order valence-corrected chi connectivity index (χ3v) is 4.64. The summed E-state index contributed by atoms with van der Waals surface area (Å²) in [6, 6.07) is 10.5. The van der Waals surface area contributed by atoms with E-state index in [2.05, 4.69) is 35.6 Å². The fourth-order valence-electron chi connectivity index (χ4n) is 3.48. The molecule has 0 radical (unpaired) electrons. The van der Waals surface area contributed by atoms with Crippen LogP contribution in [0.4, 0.5) is 0 Å². The maximum atomic E-state index is 10.0. The first-order valence-corrected chi connectivity index (χ1v) is 6.74. The number of aliphatic hydroxyl groups is 1. The second-order valence-corrected chi connectivity index (χ2v) is 5.73. The summed E-state index contributed by atoms with van der Waals surface area (Å²) in [7, 11) is 0. The van der Waals surface area contributed by atoms with Crippen molar-refractivity contribution in [3.05, 3.63) is 35.9 Å². The van der Waals surface area contributed by atoms with Crippen LogP contribution in [0.3, 0.4) is 0 Å². The molecule has 3 aliphatic rings. The minimum Gasteiger partial charge on any atom is -0.393 e. The van der Waals surface area contributed by atoms with Gasteiger partial charge in [0.05, 0.1) is 6.10 Å².